The SMILES string of the molecule is CC(=O)c1cn(CC(=O)N2C[C@H](F)C[C@@]2(CCCCc2ccccc2)C(N)=O)c2ccc(OCS(N)(=O)=O)cc12. The minimum atomic E-state index is -3.88. The molecule has 1 aliphatic rings. The first-order valence-electron chi connectivity index (χ1n) is 12.9. The molecule has 214 valence electrons. The average Bonchev–Trinajstić information content (AvgIpc) is 3.43. The van der Waals surface area contributed by atoms with Crippen molar-refractivity contribution in [1.29, 1.82) is 0 Å². The molecule has 0 radical (unpaired) electrons. The van der Waals surface area contributed by atoms with E-state index in [1.165, 1.54) is 30.2 Å². The van der Waals surface area contributed by atoms with Gasteiger partial charge in [-0.3, -0.25) is 14.4 Å². The van der Waals surface area contributed by atoms with Crippen LogP contribution in [-0.2, 0) is 32.6 Å². The highest BCUT2D eigenvalue weighted by molar-refractivity contribution is 7.88. The van der Waals surface area contributed by atoms with Crippen LogP contribution in [0.2, 0.25) is 0 Å². The lowest BCUT2D eigenvalue weighted by molar-refractivity contribution is -0.144. The molecular formula is C28H33FN4O6S. The highest BCUT2D eigenvalue weighted by atomic mass is 32.2. The van der Waals surface area contributed by atoms with Crippen molar-refractivity contribution in [3.8, 4) is 5.75 Å². The maximum Gasteiger partial charge on any atom is 0.244 e. The fourth-order valence-corrected chi connectivity index (χ4v) is 5.70. The van der Waals surface area contributed by atoms with Crippen molar-refractivity contribution in [3.63, 3.8) is 0 Å². The molecule has 1 saturated heterocycles. The average molecular weight is 573 g/mol. The number of aromatic nitrogens is 1. The van der Waals surface area contributed by atoms with E-state index in [1.54, 1.807) is 10.6 Å². The number of unbranched alkanes of at least 4 members (excludes halogenated alkanes) is 1. The van der Waals surface area contributed by atoms with E-state index in [0.29, 0.717) is 17.3 Å². The van der Waals surface area contributed by atoms with E-state index in [4.69, 9.17) is 15.6 Å². The smallest absolute Gasteiger partial charge is 0.244 e. The number of carbonyl (C=O) groups is 3. The van der Waals surface area contributed by atoms with Crippen LogP contribution < -0.4 is 15.6 Å². The summed E-state index contributed by atoms with van der Waals surface area (Å²) in [6.45, 7) is 0.859. The van der Waals surface area contributed by atoms with Gasteiger partial charge in [0.1, 0.15) is 24.0 Å². The molecule has 0 saturated carbocycles. The number of ether oxygens (including phenoxy) is 1. The zero-order valence-corrected chi connectivity index (χ0v) is 23.0. The predicted octanol–water partition coefficient (Wildman–Crippen LogP) is 2.68. The van der Waals surface area contributed by atoms with E-state index in [9.17, 15) is 27.2 Å². The van der Waals surface area contributed by atoms with Crippen LogP contribution >= 0.6 is 0 Å². The van der Waals surface area contributed by atoms with E-state index < -0.39 is 39.5 Å². The van der Waals surface area contributed by atoms with Crippen LogP contribution in [0, 0.1) is 0 Å². The predicted molar refractivity (Wildman–Crippen MR) is 148 cm³/mol. The number of rotatable bonds is 12. The van der Waals surface area contributed by atoms with Crippen molar-refractivity contribution < 1.29 is 31.9 Å². The van der Waals surface area contributed by atoms with Gasteiger partial charge < -0.3 is 19.9 Å². The molecule has 0 unspecified atom stereocenters. The second-order valence-electron chi connectivity index (χ2n) is 10.2. The number of Topliss-reactive ketones (excluding diaryl/α,β-unsaturated/α-hetero) is 1. The van der Waals surface area contributed by atoms with Gasteiger partial charge in [-0.2, -0.15) is 0 Å². The van der Waals surface area contributed by atoms with Crippen LogP contribution in [0.4, 0.5) is 4.39 Å². The number of carbonyl (C=O) groups excluding carboxylic acids is 3. The van der Waals surface area contributed by atoms with Crippen LogP contribution in [0.3, 0.4) is 0 Å². The van der Waals surface area contributed by atoms with Gasteiger partial charge in [0.25, 0.3) is 0 Å². The summed E-state index contributed by atoms with van der Waals surface area (Å²) in [5.74, 6) is -2.08. The molecule has 2 heterocycles. The molecule has 2 amide bonds. The van der Waals surface area contributed by atoms with Gasteiger partial charge in [-0.25, -0.2) is 17.9 Å². The summed E-state index contributed by atoms with van der Waals surface area (Å²) < 4.78 is 44.0. The Morgan fingerprint density at radius 3 is 2.50 bits per heavy atom. The molecular weight excluding hydrogens is 539 g/mol. The number of fused-ring (bicyclic) bond motifs is 1. The van der Waals surface area contributed by atoms with E-state index in [2.05, 4.69) is 0 Å². The summed E-state index contributed by atoms with van der Waals surface area (Å²) in [6.07, 6.45) is 2.32. The third-order valence-electron chi connectivity index (χ3n) is 7.29. The Labute approximate surface area is 232 Å². The Hall–Kier alpha value is -3.77. The number of alkyl halides is 1. The van der Waals surface area contributed by atoms with Gasteiger partial charge in [-0.1, -0.05) is 36.8 Å². The van der Waals surface area contributed by atoms with Gasteiger partial charge in [-0.15, -0.1) is 0 Å². The van der Waals surface area contributed by atoms with Crippen molar-refractivity contribution in [2.45, 2.75) is 57.3 Å². The molecule has 1 fully saturated rings. The molecule has 0 aliphatic carbocycles. The first kappa shape index (κ1) is 29.2. The first-order valence-corrected chi connectivity index (χ1v) is 14.7. The van der Waals surface area contributed by atoms with Gasteiger partial charge >= 0.3 is 0 Å². The van der Waals surface area contributed by atoms with E-state index in [-0.39, 0.29) is 43.0 Å². The number of halogens is 1. The monoisotopic (exact) mass is 572 g/mol. The number of sulfonamides is 1. The van der Waals surface area contributed by atoms with E-state index >= 15 is 0 Å². The van der Waals surface area contributed by atoms with Crippen LogP contribution in [0.15, 0.2) is 54.7 Å². The highest BCUT2D eigenvalue weighted by Gasteiger charge is 2.52. The molecule has 4 N–H and O–H groups in total. The number of aryl methyl sites for hydroxylation is 1. The summed E-state index contributed by atoms with van der Waals surface area (Å²) in [4.78, 5) is 39.9. The molecule has 0 spiro atoms. The molecule has 4 rings (SSSR count). The van der Waals surface area contributed by atoms with Gasteiger partial charge in [-0.05, 0) is 49.9 Å². The molecule has 40 heavy (non-hydrogen) atoms. The topological polar surface area (TPSA) is 155 Å². The number of ketones is 1. The van der Waals surface area contributed by atoms with Gasteiger partial charge in [0, 0.05) is 29.1 Å². The second-order valence-corrected chi connectivity index (χ2v) is 11.8. The fourth-order valence-electron chi connectivity index (χ4n) is 5.40. The lowest BCUT2D eigenvalue weighted by Crippen LogP contribution is -2.56. The maximum absolute atomic E-state index is 14.7. The molecule has 3 aromatic rings. The maximum atomic E-state index is 14.7. The number of hydrogen-bond acceptors (Lipinski definition) is 6. The van der Waals surface area contributed by atoms with Crippen molar-refractivity contribution in [1.82, 2.24) is 9.47 Å². The summed E-state index contributed by atoms with van der Waals surface area (Å²) >= 11 is 0. The Kier molecular flexibility index (Phi) is 8.59. The third kappa shape index (κ3) is 6.50. The Balaban J connectivity index is 1.55. The summed E-state index contributed by atoms with van der Waals surface area (Å²) in [5, 5.41) is 5.44. The van der Waals surface area contributed by atoms with Crippen molar-refractivity contribution in [2.75, 3.05) is 12.5 Å². The number of nitrogens with zero attached hydrogens (tertiary/aromatic N) is 2. The lowest BCUT2D eigenvalue weighted by Gasteiger charge is -2.35. The molecule has 0 bridgehead atoms. The van der Waals surface area contributed by atoms with Crippen LogP contribution in [0.5, 0.6) is 5.75 Å². The normalized spacial score (nSPS) is 19.2. The molecule has 12 heteroatoms. The number of hydrogen-bond donors (Lipinski definition) is 2. The largest absolute Gasteiger partial charge is 0.476 e. The van der Waals surface area contributed by atoms with Crippen LogP contribution in [0.1, 0.15) is 48.5 Å². The third-order valence-corrected chi connectivity index (χ3v) is 7.74. The number of amides is 2. The number of primary amides is 1. The van der Waals surface area contributed by atoms with E-state index in [0.717, 1.165) is 18.4 Å². The Morgan fingerprint density at radius 1 is 1.12 bits per heavy atom. The Morgan fingerprint density at radius 2 is 1.85 bits per heavy atom. The molecule has 1 aliphatic heterocycles. The second kappa shape index (κ2) is 11.8. The van der Waals surface area contributed by atoms with Crippen LogP contribution in [-0.4, -0.2) is 59.7 Å². The summed E-state index contributed by atoms with van der Waals surface area (Å²) in [5.41, 5.74) is 6.31. The Bertz CT molecular complexity index is 1520. The fraction of sp³-hybridized carbons (Fsp3) is 0.393. The molecule has 2 atom stereocenters. The number of primary sulfonamides is 1. The van der Waals surface area contributed by atoms with Gasteiger partial charge in [0.15, 0.2) is 5.78 Å². The lowest BCUT2D eigenvalue weighted by atomic mass is 9.87. The molecule has 10 nitrogen and oxygen atoms in total. The van der Waals surface area contributed by atoms with Crippen molar-refractivity contribution >= 4 is 38.5 Å². The minimum absolute atomic E-state index is 0.157. The number of nitrogens with two attached hydrogens (primary N) is 2. The van der Waals surface area contributed by atoms with Gasteiger partial charge in [0.05, 0.1) is 6.54 Å². The zero-order valence-electron chi connectivity index (χ0n) is 22.2. The summed E-state index contributed by atoms with van der Waals surface area (Å²) in [7, 11) is -3.88. The van der Waals surface area contributed by atoms with Gasteiger partial charge in [0.2, 0.25) is 27.8 Å². The molecule has 2 aromatic carbocycles. The highest BCUT2D eigenvalue weighted by Crippen LogP contribution is 2.36. The summed E-state index contributed by atoms with van der Waals surface area (Å²) in [6, 6.07) is 14.4. The zero-order chi connectivity index (χ0) is 29.1. The van der Waals surface area contributed by atoms with Crippen LogP contribution in [0.25, 0.3) is 10.9 Å². The molecule has 1 aromatic heterocycles. The van der Waals surface area contributed by atoms with Crippen molar-refractivity contribution in [3.05, 3.63) is 65.9 Å². The number of benzene rings is 2. The standard InChI is InChI=1S/C28H33FN4O6S/c1-19(34)24-16-32(25-11-10-22(13-23(24)25)39-18-40(31,37)38)17-26(35)33-15-21(29)14-28(33,27(30)36)12-6-5-9-20-7-3-2-4-8-20/h2-4,7-8,10-11,13,16,21H,5-6,9,12,14-15,17-18H2,1H3,(H2,30,36)(H2,31,37,38)/t21-,28+/m1/s1. The minimum Gasteiger partial charge on any atom is -0.476 e. The van der Waals surface area contributed by atoms with Crippen molar-refractivity contribution in [2.24, 2.45) is 10.9 Å². The first-order chi connectivity index (χ1) is 18.9. The quantitative estimate of drug-likeness (QED) is 0.251. The number of likely N-dealkylation sites (tertiary alicyclic amines) is 1. The van der Waals surface area contributed by atoms with E-state index in [1.807, 2.05) is 30.3 Å².